The van der Waals surface area contributed by atoms with Gasteiger partial charge >= 0.3 is 0 Å². The van der Waals surface area contributed by atoms with Crippen molar-refractivity contribution in [3.8, 4) is 12.3 Å². The molecule has 0 saturated carbocycles. The molecule has 0 bridgehead atoms. The van der Waals surface area contributed by atoms with Gasteiger partial charge < -0.3 is 0 Å². The fraction of sp³-hybridized carbons (Fsp3) is 0.538. The first-order chi connectivity index (χ1) is 6.52. The van der Waals surface area contributed by atoms with Crippen LogP contribution in [0.15, 0.2) is 23.8 Å². The molecule has 0 rings (SSSR count). The largest absolute Gasteiger partial charge is 0.240 e. The minimum Gasteiger partial charge on any atom is -0.240 e. The maximum Gasteiger partial charge on any atom is 0.126 e. The second-order valence-corrected chi connectivity index (χ2v) is 3.74. The van der Waals surface area contributed by atoms with Gasteiger partial charge in [-0.25, -0.2) is 4.39 Å². The predicted octanol–water partition coefficient (Wildman–Crippen LogP) is 4.04. The lowest BCUT2D eigenvalue weighted by atomic mass is 9.98. The maximum absolute atomic E-state index is 13.6. The van der Waals surface area contributed by atoms with Crippen LogP contribution < -0.4 is 0 Å². The number of hydrogen-bond acceptors (Lipinski definition) is 0. The van der Waals surface area contributed by atoms with Gasteiger partial charge in [-0.2, -0.15) is 0 Å². The molecule has 0 aromatic carbocycles. The number of allylic oxidation sites excluding steroid dienone is 4. The normalized spacial score (nSPS) is 16.6. The molecule has 1 unspecified atom stereocenters. The summed E-state index contributed by atoms with van der Waals surface area (Å²) in [5, 5.41) is 0. The third-order valence-corrected chi connectivity index (χ3v) is 2.09. The van der Waals surface area contributed by atoms with Crippen LogP contribution in [0, 0.1) is 12.3 Å². The van der Waals surface area contributed by atoms with Crippen molar-refractivity contribution >= 4 is 0 Å². The molecular weight excluding hydrogens is 175 g/mol. The molecule has 78 valence electrons. The average molecular weight is 194 g/mol. The lowest BCUT2D eigenvalue weighted by Gasteiger charge is -2.15. The third kappa shape index (κ3) is 6.48. The topological polar surface area (TPSA) is 0 Å². The van der Waals surface area contributed by atoms with Crippen molar-refractivity contribution in [2.24, 2.45) is 0 Å². The number of halogens is 1. The van der Waals surface area contributed by atoms with Crippen LogP contribution in [0.3, 0.4) is 0 Å². The minimum atomic E-state index is -1.19. The van der Waals surface area contributed by atoms with E-state index in [1.54, 1.807) is 19.1 Å². The summed E-state index contributed by atoms with van der Waals surface area (Å²) in [6, 6.07) is 0. The Bertz CT molecular complexity index is 251. The zero-order valence-corrected chi connectivity index (χ0v) is 9.31. The van der Waals surface area contributed by atoms with Gasteiger partial charge in [0.25, 0.3) is 0 Å². The van der Waals surface area contributed by atoms with E-state index < -0.39 is 5.67 Å². The molecule has 1 heteroatoms. The van der Waals surface area contributed by atoms with Crippen molar-refractivity contribution < 1.29 is 4.39 Å². The molecule has 1 atom stereocenters. The highest BCUT2D eigenvalue weighted by atomic mass is 19.1. The summed E-state index contributed by atoms with van der Waals surface area (Å²) in [6.07, 6.45) is 12.4. The van der Waals surface area contributed by atoms with Crippen LogP contribution in [0.1, 0.15) is 40.0 Å². The third-order valence-electron chi connectivity index (χ3n) is 2.09. The second-order valence-electron chi connectivity index (χ2n) is 3.74. The van der Waals surface area contributed by atoms with Crippen LogP contribution in [0.2, 0.25) is 0 Å². The lowest BCUT2D eigenvalue weighted by molar-refractivity contribution is 0.240. The molecule has 0 saturated heterocycles. The van der Waals surface area contributed by atoms with Crippen molar-refractivity contribution in [3.63, 3.8) is 0 Å². The van der Waals surface area contributed by atoms with Crippen LogP contribution in [0.5, 0.6) is 0 Å². The molecule has 0 aliphatic rings. The SMILES string of the molecule is C#CC/C=C(/C)CCC(C)(F)C=CC. The molecule has 0 aromatic heterocycles. The van der Waals surface area contributed by atoms with Crippen molar-refractivity contribution in [1.82, 2.24) is 0 Å². The monoisotopic (exact) mass is 194 g/mol. The van der Waals surface area contributed by atoms with E-state index in [1.807, 2.05) is 19.9 Å². The molecule has 0 aromatic rings. The van der Waals surface area contributed by atoms with E-state index >= 15 is 0 Å². The van der Waals surface area contributed by atoms with Gasteiger partial charge in [0.05, 0.1) is 0 Å². The molecule has 0 radical (unpaired) electrons. The maximum atomic E-state index is 13.6. The van der Waals surface area contributed by atoms with E-state index in [4.69, 9.17) is 6.42 Å². The summed E-state index contributed by atoms with van der Waals surface area (Å²) < 4.78 is 13.6. The zero-order valence-electron chi connectivity index (χ0n) is 9.31. The van der Waals surface area contributed by atoms with E-state index in [9.17, 15) is 4.39 Å². The van der Waals surface area contributed by atoms with Gasteiger partial charge in [-0.1, -0.05) is 23.8 Å². The molecule has 0 heterocycles. The molecule has 0 fully saturated rings. The van der Waals surface area contributed by atoms with Gasteiger partial charge in [0.15, 0.2) is 0 Å². The van der Waals surface area contributed by atoms with Crippen molar-refractivity contribution in [2.75, 3.05) is 0 Å². The van der Waals surface area contributed by atoms with Gasteiger partial charge in [0, 0.05) is 6.42 Å². The second kappa shape index (κ2) is 6.43. The van der Waals surface area contributed by atoms with Gasteiger partial charge in [0.2, 0.25) is 0 Å². The van der Waals surface area contributed by atoms with E-state index in [2.05, 4.69) is 5.92 Å². The quantitative estimate of drug-likeness (QED) is 0.457. The fourth-order valence-corrected chi connectivity index (χ4v) is 1.21. The fourth-order valence-electron chi connectivity index (χ4n) is 1.21. The Morgan fingerprint density at radius 1 is 1.57 bits per heavy atom. The summed E-state index contributed by atoms with van der Waals surface area (Å²) in [5.41, 5.74) is -0.0312. The standard InChI is InChI=1S/C13H19F/c1-5-7-8-12(3)9-11-13(4,14)10-6-2/h1,6,8,10H,7,9,11H2,2-4H3/b10-6?,12-8-. The number of hydrogen-bond donors (Lipinski definition) is 0. The molecular formula is C13H19F. The summed E-state index contributed by atoms with van der Waals surface area (Å²) in [5.74, 6) is 2.54. The Hall–Kier alpha value is -1.03. The van der Waals surface area contributed by atoms with Crippen molar-refractivity contribution in [2.45, 2.75) is 45.7 Å². The molecule has 0 aliphatic heterocycles. The van der Waals surface area contributed by atoms with Crippen LogP contribution in [-0.2, 0) is 0 Å². The van der Waals surface area contributed by atoms with Gasteiger partial charge in [-0.3, -0.25) is 0 Å². The van der Waals surface area contributed by atoms with E-state index in [0.717, 1.165) is 12.0 Å². The highest BCUT2D eigenvalue weighted by Crippen LogP contribution is 2.22. The summed E-state index contributed by atoms with van der Waals surface area (Å²) in [6.45, 7) is 5.42. The highest BCUT2D eigenvalue weighted by molar-refractivity contribution is 5.07. The zero-order chi connectivity index (χ0) is 11.0. The van der Waals surface area contributed by atoms with Gasteiger partial charge in [-0.15, -0.1) is 12.3 Å². The number of rotatable bonds is 5. The van der Waals surface area contributed by atoms with Crippen molar-refractivity contribution in [1.29, 1.82) is 0 Å². The lowest BCUT2D eigenvalue weighted by Crippen LogP contribution is -2.13. The summed E-state index contributed by atoms with van der Waals surface area (Å²) in [4.78, 5) is 0. The van der Waals surface area contributed by atoms with E-state index in [1.165, 1.54) is 0 Å². The highest BCUT2D eigenvalue weighted by Gasteiger charge is 2.17. The molecule has 0 spiro atoms. The van der Waals surface area contributed by atoms with Crippen LogP contribution >= 0.6 is 0 Å². The van der Waals surface area contributed by atoms with Gasteiger partial charge in [0.1, 0.15) is 5.67 Å². The van der Waals surface area contributed by atoms with Crippen LogP contribution in [-0.4, -0.2) is 5.67 Å². The Kier molecular flexibility index (Phi) is 5.95. The number of terminal acetylenes is 1. The molecule has 0 aliphatic carbocycles. The molecule has 0 nitrogen and oxygen atoms in total. The van der Waals surface area contributed by atoms with Crippen LogP contribution in [0.25, 0.3) is 0 Å². The Balaban J connectivity index is 4.00. The first-order valence-electron chi connectivity index (χ1n) is 4.93. The summed E-state index contributed by atoms with van der Waals surface area (Å²) in [7, 11) is 0. The Morgan fingerprint density at radius 3 is 2.71 bits per heavy atom. The Morgan fingerprint density at radius 2 is 2.21 bits per heavy atom. The molecule has 14 heavy (non-hydrogen) atoms. The minimum absolute atomic E-state index is 0.518. The first kappa shape index (κ1) is 13.0. The first-order valence-corrected chi connectivity index (χ1v) is 4.93. The Labute approximate surface area is 86.9 Å². The molecule has 0 N–H and O–H groups in total. The van der Waals surface area contributed by atoms with E-state index in [0.29, 0.717) is 12.8 Å². The van der Waals surface area contributed by atoms with Crippen LogP contribution in [0.4, 0.5) is 4.39 Å². The van der Waals surface area contributed by atoms with Gasteiger partial charge in [-0.05, 0) is 33.6 Å². The number of alkyl halides is 1. The molecule has 0 amide bonds. The van der Waals surface area contributed by atoms with E-state index in [-0.39, 0.29) is 0 Å². The van der Waals surface area contributed by atoms with Crippen molar-refractivity contribution in [3.05, 3.63) is 23.8 Å². The average Bonchev–Trinajstić information content (AvgIpc) is 2.11. The predicted molar refractivity (Wildman–Crippen MR) is 60.8 cm³/mol. The smallest absolute Gasteiger partial charge is 0.126 e. The summed E-state index contributed by atoms with van der Waals surface area (Å²) >= 11 is 0.